The van der Waals surface area contributed by atoms with E-state index in [-0.39, 0.29) is 24.2 Å². The normalized spacial score (nSPS) is 12.1. The van der Waals surface area contributed by atoms with Gasteiger partial charge in [0.05, 0.1) is 17.2 Å². The summed E-state index contributed by atoms with van der Waals surface area (Å²) in [4.78, 5) is 30.2. The lowest BCUT2D eigenvalue weighted by Gasteiger charge is -2.14. The summed E-state index contributed by atoms with van der Waals surface area (Å²) in [6, 6.07) is 20.8. The molecule has 1 amide bonds. The summed E-state index contributed by atoms with van der Waals surface area (Å²) in [6.07, 6.45) is 1.65. The smallest absolute Gasteiger partial charge is 0.335 e. The van der Waals surface area contributed by atoms with E-state index < -0.39 is 0 Å². The van der Waals surface area contributed by atoms with Crippen LogP contribution in [0.2, 0.25) is 0 Å². The lowest BCUT2D eigenvalue weighted by molar-refractivity contribution is -0.122. The van der Waals surface area contributed by atoms with Gasteiger partial charge in [-0.3, -0.25) is 9.36 Å². The van der Waals surface area contributed by atoms with Gasteiger partial charge < -0.3 is 5.32 Å². The van der Waals surface area contributed by atoms with Gasteiger partial charge in [-0.25, -0.2) is 14.3 Å². The van der Waals surface area contributed by atoms with Gasteiger partial charge in [-0.2, -0.15) is 0 Å². The van der Waals surface area contributed by atoms with E-state index >= 15 is 0 Å². The molecular formula is C23H22N4O2. The number of rotatable bonds is 5. The number of hydrogen-bond acceptors (Lipinski definition) is 3. The molecule has 146 valence electrons. The summed E-state index contributed by atoms with van der Waals surface area (Å²) < 4.78 is 3.01. The molecule has 29 heavy (non-hydrogen) atoms. The summed E-state index contributed by atoms with van der Waals surface area (Å²) >= 11 is 0. The van der Waals surface area contributed by atoms with Crippen LogP contribution in [-0.4, -0.2) is 20.0 Å². The van der Waals surface area contributed by atoms with Gasteiger partial charge in [0.2, 0.25) is 5.91 Å². The van der Waals surface area contributed by atoms with Crippen LogP contribution in [-0.2, 0) is 11.3 Å². The Kier molecular flexibility index (Phi) is 4.99. The number of imidazole rings is 1. The van der Waals surface area contributed by atoms with Gasteiger partial charge in [0.25, 0.3) is 0 Å². The first kappa shape index (κ1) is 18.7. The molecule has 4 rings (SSSR count). The van der Waals surface area contributed by atoms with Crippen LogP contribution in [0.3, 0.4) is 0 Å². The van der Waals surface area contributed by atoms with Crippen molar-refractivity contribution in [1.29, 1.82) is 0 Å². The standard InChI is InChI=1S/C23H22N4O2/c1-16-10-12-19(13-11-16)27-22-20(9-6-14-24-22)26(23(27)29)15-21(28)25-17(2)18-7-4-3-5-8-18/h3-14,17H,15H2,1-2H3,(H,25,28). The van der Waals surface area contributed by atoms with Gasteiger partial charge in [0.1, 0.15) is 6.54 Å². The highest BCUT2D eigenvalue weighted by Gasteiger charge is 2.18. The first-order chi connectivity index (χ1) is 14.0. The Bertz CT molecular complexity index is 1210. The van der Waals surface area contributed by atoms with E-state index in [1.165, 1.54) is 4.57 Å². The maximum atomic E-state index is 13.2. The molecule has 1 unspecified atom stereocenters. The van der Waals surface area contributed by atoms with E-state index in [0.29, 0.717) is 11.2 Å². The third-order valence-electron chi connectivity index (χ3n) is 4.96. The van der Waals surface area contributed by atoms with Crippen LogP contribution in [0.4, 0.5) is 0 Å². The van der Waals surface area contributed by atoms with Gasteiger partial charge in [0, 0.05) is 6.20 Å². The topological polar surface area (TPSA) is 68.9 Å². The minimum absolute atomic E-state index is 0.0724. The number of pyridine rings is 1. The molecule has 0 saturated heterocycles. The van der Waals surface area contributed by atoms with Gasteiger partial charge >= 0.3 is 5.69 Å². The van der Waals surface area contributed by atoms with E-state index in [2.05, 4.69) is 10.3 Å². The Morgan fingerprint density at radius 1 is 1.03 bits per heavy atom. The minimum atomic E-state index is -0.287. The van der Waals surface area contributed by atoms with Gasteiger partial charge in [-0.05, 0) is 43.7 Å². The second kappa shape index (κ2) is 7.75. The maximum absolute atomic E-state index is 13.2. The molecule has 2 aromatic carbocycles. The van der Waals surface area contributed by atoms with Crippen molar-refractivity contribution in [3.8, 4) is 5.69 Å². The number of benzene rings is 2. The van der Waals surface area contributed by atoms with Crippen molar-refractivity contribution < 1.29 is 4.79 Å². The second-order valence-corrected chi connectivity index (χ2v) is 7.09. The summed E-state index contributed by atoms with van der Waals surface area (Å²) in [7, 11) is 0. The highest BCUT2D eigenvalue weighted by molar-refractivity contribution is 5.80. The van der Waals surface area contributed by atoms with Gasteiger partial charge in [0.15, 0.2) is 5.65 Å². The maximum Gasteiger partial charge on any atom is 0.335 e. The molecule has 1 N–H and O–H groups in total. The number of hydrogen-bond donors (Lipinski definition) is 1. The third kappa shape index (κ3) is 3.69. The van der Waals surface area contributed by atoms with Crippen LogP contribution in [0, 0.1) is 6.92 Å². The fourth-order valence-corrected chi connectivity index (χ4v) is 3.42. The van der Waals surface area contributed by atoms with Crippen LogP contribution in [0.1, 0.15) is 24.1 Å². The number of nitrogens with zero attached hydrogens (tertiary/aromatic N) is 3. The molecule has 0 bridgehead atoms. The van der Waals surface area contributed by atoms with Crippen molar-refractivity contribution in [3.05, 3.63) is 94.5 Å². The molecule has 0 radical (unpaired) electrons. The molecule has 0 saturated carbocycles. The van der Waals surface area contributed by atoms with Crippen molar-refractivity contribution in [1.82, 2.24) is 19.4 Å². The summed E-state index contributed by atoms with van der Waals surface area (Å²) in [5.74, 6) is -0.227. The number of fused-ring (bicyclic) bond motifs is 1. The fourth-order valence-electron chi connectivity index (χ4n) is 3.42. The molecule has 0 spiro atoms. The lowest BCUT2D eigenvalue weighted by atomic mass is 10.1. The van der Waals surface area contributed by atoms with Crippen molar-refractivity contribution in [3.63, 3.8) is 0 Å². The van der Waals surface area contributed by atoms with E-state index in [0.717, 1.165) is 16.8 Å². The SMILES string of the molecule is Cc1ccc(-n2c(=O)n(CC(=O)NC(C)c3ccccc3)c3cccnc32)cc1. The zero-order valence-corrected chi connectivity index (χ0v) is 16.4. The molecular weight excluding hydrogens is 364 g/mol. The van der Waals surface area contributed by atoms with Gasteiger partial charge in [-0.1, -0.05) is 48.0 Å². The van der Waals surface area contributed by atoms with Crippen molar-refractivity contribution in [2.24, 2.45) is 0 Å². The number of aromatic nitrogens is 3. The fraction of sp³-hybridized carbons (Fsp3) is 0.174. The Balaban J connectivity index is 1.67. The van der Waals surface area contributed by atoms with Crippen molar-refractivity contribution >= 4 is 17.1 Å². The lowest BCUT2D eigenvalue weighted by Crippen LogP contribution is -2.34. The van der Waals surface area contributed by atoms with Crippen molar-refractivity contribution in [2.75, 3.05) is 0 Å². The Labute approximate surface area is 168 Å². The Morgan fingerprint density at radius 2 is 1.76 bits per heavy atom. The van der Waals surface area contributed by atoms with Crippen LogP contribution in [0.5, 0.6) is 0 Å². The Morgan fingerprint density at radius 3 is 2.48 bits per heavy atom. The molecule has 0 aliphatic carbocycles. The van der Waals surface area contributed by atoms with Crippen molar-refractivity contribution in [2.45, 2.75) is 26.4 Å². The third-order valence-corrected chi connectivity index (χ3v) is 4.96. The first-order valence-electron chi connectivity index (χ1n) is 9.52. The summed E-state index contributed by atoms with van der Waals surface area (Å²) in [5.41, 5.74) is 3.71. The predicted octanol–water partition coefficient (Wildman–Crippen LogP) is 3.37. The molecule has 0 fully saturated rings. The van der Waals surface area contributed by atoms with Crippen LogP contribution < -0.4 is 11.0 Å². The van der Waals surface area contributed by atoms with E-state index in [1.54, 1.807) is 16.8 Å². The largest absolute Gasteiger partial charge is 0.348 e. The minimum Gasteiger partial charge on any atom is -0.348 e. The number of nitrogens with one attached hydrogen (secondary N) is 1. The van der Waals surface area contributed by atoms with E-state index in [1.807, 2.05) is 74.5 Å². The highest BCUT2D eigenvalue weighted by atomic mass is 16.2. The number of amides is 1. The number of carbonyl (C=O) groups excluding carboxylic acids is 1. The van der Waals surface area contributed by atoms with Crippen LogP contribution in [0.15, 0.2) is 77.7 Å². The van der Waals surface area contributed by atoms with Crippen LogP contribution >= 0.6 is 0 Å². The molecule has 4 aromatic rings. The average Bonchev–Trinajstić information content (AvgIpc) is 3.01. The van der Waals surface area contributed by atoms with E-state index in [4.69, 9.17) is 0 Å². The zero-order valence-electron chi connectivity index (χ0n) is 16.4. The summed E-state index contributed by atoms with van der Waals surface area (Å²) in [5, 5.41) is 2.96. The van der Waals surface area contributed by atoms with E-state index in [9.17, 15) is 9.59 Å². The highest BCUT2D eigenvalue weighted by Crippen LogP contribution is 2.16. The zero-order chi connectivity index (χ0) is 20.4. The first-order valence-corrected chi connectivity index (χ1v) is 9.52. The molecule has 0 aliphatic rings. The second-order valence-electron chi connectivity index (χ2n) is 7.09. The predicted molar refractivity (Wildman–Crippen MR) is 113 cm³/mol. The Hall–Kier alpha value is -3.67. The average molecular weight is 386 g/mol. The quantitative estimate of drug-likeness (QED) is 0.572. The van der Waals surface area contributed by atoms with Gasteiger partial charge in [-0.15, -0.1) is 0 Å². The number of aryl methyl sites for hydroxylation is 1. The molecule has 2 aromatic heterocycles. The molecule has 2 heterocycles. The number of carbonyl (C=O) groups is 1. The molecule has 1 atom stereocenters. The monoisotopic (exact) mass is 386 g/mol. The molecule has 0 aliphatic heterocycles. The van der Waals surface area contributed by atoms with Crippen LogP contribution in [0.25, 0.3) is 16.9 Å². The molecule has 6 heteroatoms. The summed E-state index contributed by atoms with van der Waals surface area (Å²) in [6.45, 7) is 3.84. The molecule has 6 nitrogen and oxygen atoms in total.